The molecule has 3 rings (SSSR count). The van der Waals surface area contributed by atoms with Crippen LogP contribution < -0.4 is 4.90 Å². The largest absolute Gasteiger partial charge is 0.444 e. The highest BCUT2D eigenvalue weighted by atomic mass is 16.6. The molecule has 0 unspecified atom stereocenters. The molecule has 3 heteroatoms. The second kappa shape index (κ2) is 8.55. The molecule has 0 aliphatic carbocycles. The van der Waals surface area contributed by atoms with Crippen molar-refractivity contribution in [1.82, 2.24) is 0 Å². The van der Waals surface area contributed by atoms with Crippen LogP contribution >= 0.6 is 0 Å². The lowest BCUT2D eigenvalue weighted by Crippen LogP contribution is -2.31. The van der Waals surface area contributed by atoms with Gasteiger partial charge in [0, 0.05) is 11.3 Å². The SMILES string of the molecule is C#Cc1cccc(N(Cc2ccccc2)C(=O)OCc2ccccc2)c1. The summed E-state index contributed by atoms with van der Waals surface area (Å²) in [4.78, 5) is 14.4. The lowest BCUT2D eigenvalue weighted by Gasteiger charge is -2.23. The molecule has 0 spiro atoms. The van der Waals surface area contributed by atoms with Crippen LogP contribution in [-0.4, -0.2) is 6.09 Å². The van der Waals surface area contributed by atoms with Gasteiger partial charge in [-0.3, -0.25) is 4.90 Å². The molecule has 128 valence electrons. The van der Waals surface area contributed by atoms with Crippen molar-refractivity contribution in [2.45, 2.75) is 13.2 Å². The van der Waals surface area contributed by atoms with E-state index in [9.17, 15) is 4.79 Å². The number of terminal acetylenes is 1. The molecule has 0 aromatic heterocycles. The zero-order chi connectivity index (χ0) is 18.2. The number of ether oxygens (including phenoxy) is 1. The van der Waals surface area contributed by atoms with E-state index >= 15 is 0 Å². The molecule has 3 aromatic carbocycles. The van der Waals surface area contributed by atoms with Gasteiger partial charge in [0.15, 0.2) is 0 Å². The van der Waals surface area contributed by atoms with Crippen LogP contribution in [-0.2, 0) is 17.9 Å². The van der Waals surface area contributed by atoms with Gasteiger partial charge in [-0.1, -0.05) is 72.7 Å². The average molecular weight is 341 g/mol. The van der Waals surface area contributed by atoms with Gasteiger partial charge in [-0.2, -0.15) is 0 Å². The van der Waals surface area contributed by atoms with E-state index in [0.717, 1.165) is 16.7 Å². The third-order valence-corrected chi connectivity index (χ3v) is 3.93. The van der Waals surface area contributed by atoms with Crippen LogP contribution in [0.5, 0.6) is 0 Å². The van der Waals surface area contributed by atoms with E-state index in [1.807, 2.05) is 84.9 Å². The molecule has 0 fully saturated rings. The molecule has 3 nitrogen and oxygen atoms in total. The fourth-order valence-electron chi connectivity index (χ4n) is 2.59. The molecule has 0 atom stereocenters. The van der Waals surface area contributed by atoms with Gasteiger partial charge in [0.1, 0.15) is 6.61 Å². The standard InChI is InChI=1S/C23H19NO2/c1-2-19-14-9-15-22(16-19)24(17-20-10-5-3-6-11-20)23(25)26-18-21-12-7-4-8-13-21/h1,3-16H,17-18H2. The van der Waals surface area contributed by atoms with Crippen LogP contribution in [0.4, 0.5) is 10.5 Å². The maximum Gasteiger partial charge on any atom is 0.414 e. The van der Waals surface area contributed by atoms with E-state index in [0.29, 0.717) is 12.2 Å². The van der Waals surface area contributed by atoms with Crippen molar-refractivity contribution in [3.63, 3.8) is 0 Å². The number of nitrogens with zero attached hydrogens (tertiary/aromatic N) is 1. The van der Waals surface area contributed by atoms with Crippen molar-refractivity contribution in [2.24, 2.45) is 0 Å². The summed E-state index contributed by atoms with van der Waals surface area (Å²) < 4.78 is 5.53. The van der Waals surface area contributed by atoms with E-state index in [-0.39, 0.29) is 6.61 Å². The zero-order valence-electron chi connectivity index (χ0n) is 14.3. The van der Waals surface area contributed by atoms with Crippen molar-refractivity contribution in [3.05, 3.63) is 102 Å². The fourth-order valence-corrected chi connectivity index (χ4v) is 2.59. The number of hydrogen-bond acceptors (Lipinski definition) is 2. The third-order valence-electron chi connectivity index (χ3n) is 3.93. The summed E-state index contributed by atoms with van der Waals surface area (Å²) in [6.45, 7) is 0.627. The van der Waals surface area contributed by atoms with Crippen molar-refractivity contribution in [1.29, 1.82) is 0 Å². The number of anilines is 1. The second-order valence-corrected chi connectivity index (χ2v) is 5.81. The van der Waals surface area contributed by atoms with Gasteiger partial charge in [0.05, 0.1) is 6.54 Å². The summed E-state index contributed by atoms with van der Waals surface area (Å²) in [5, 5.41) is 0. The monoisotopic (exact) mass is 341 g/mol. The third kappa shape index (κ3) is 4.52. The van der Waals surface area contributed by atoms with Crippen LogP contribution in [0.2, 0.25) is 0 Å². The molecule has 0 aliphatic rings. The average Bonchev–Trinajstić information content (AvgIpc) is 2.72. The molecule has 0 radical (unpaired) electrons. The highest BCUT2D eigenvalue weighted by Crippen LogP contribution is 2.20. The Morgan fingerprint density at radius 1 is 0.885 bits per heavy atom. The Balaban J connectivity index is 1.82. The van der Waals surface area contributed by atoms with Crippen molar-refractivity contribution in [3.8, 4) is 12.3 Å². The summed E-state index contributed by atoms with van der Waals surface area (Å²) in [7, 11) is 0. The Morgan fingerprint density at radius 3 is 2.19 bits per heavy atom. The summed E-state index contributed by atoms with van der Waals surface area (Å²) in [5.74, 6) is 2.60. The van der Waals surface area contributed by atoms with Crippen molar-refractivity contribution < 1.29 is 9.53 Å². The number of amides is 1. The molecular formula is C23H19NO2. The molecule has 1 amide bonds. The van der Waals surface area contributed by atoms with Crippen LogP contribution in [0.1, 0.15) is 16.7 Å². The van der Waals surface area contributed by atoms with E-state index in [2.05, 4.69) is 5.92 Å². The second-order valence-electron chi connectivity index (χ2n) is 5.81. The minimum absolute atomic E-state index is 0.222. The van der Waals surface area contributed by atoms with Gasteiger partial charge in [0.25, 0.3) is 0 Å². The summed E-state index contributed by atoms with van der Waals surface area (Å²) >= 11 is 0. The Kier molecular flexibility index (Phi) is 5.69. The van der Waals surface area contributed by atoms with Gasteiger partial charge in [-0.15, -0.1) is 6.42 Å². The first kappa shape index (κ1) is 17.3. The van der Waals surface area contributed by atoms with Gasteiger partial charge in [0.2, 0.25) is 0 Å². The molecule has 26 heavy (non-hydrogen) atoms. The number of carbonyl (C=O) groups excluding carboxylic acids is 1. The Labute approximate surface area is 153 Å². The van der Waals surface area contributed by atoms with E-state index in [1.54, 1.807) is 4.90 Å². The summed E-state index contributed by atoms with van der Waals surface area (Å²) in [6, 6.07) is 26.7. The highest BCUT2D eigenvalue weighted by Gasteiger charge is 2.18. The van der Waals surface area contributed by atoms with Gasteiger partial charge in [-0.25, -0.2) is 4.79 Å². The minimum atomic E-state index is -0.410. The number of hydrogen-bond donors (Lipinski definition) is 0. The van der Waals surface area contributed by atoms with Crippen LogP contribution in [0.15, 0.2) is 84.9 Å². The maximum atomic E-state index is 12.8. The molecule has 0 N–H and O–H groups in total. The Bertz CT molecular complexity index is 898. The normalized spacial score (nSPS) is 9.96. The predicted octanol–water partition coefficient (Wildman–Crippen LogP) is 5.01. The minimum Gasteiger partial charge on any atom is -0.444 e. The molecule has 0 saturated carbocycles. The first-order valence-electron chi connectivity index (χ1n) is 8.35. The maximum absolute atomic E-state index is 12.8. The molecule has 0 heterocycles. The van der Waals surface area contributed by atoms with E-state index in [1.165, 1.54) is 0 Å². The molecule has 3 aromatic rings. The first-order valence-corrected chi connectivity index (χ1v) is 8.35. The topological polar surface area (TPSA) is 29.5 Å². The van der Waals surface area contributed by atoms with Crippen molar-refractivity contribution >= 4 is 11.8 Å². The van der Waals surface area contributed by atoms with E-state index in [4.69, 9.17) is 11.2 Å². The fraction of sp³-hybridized carbons (Fsp3) is 0.0870. The number of rotatable bonds is 5. The lowest BCUT2D eigenvalue weighted by molar-refractivity contribution is 0.146. The summed E-state index contributed by atoms with van der Waals surface area (Å²) in [5.41, 5.74) is 3.38. The summed E-state index contributed by atoms with van der Waals surface area (Å²) in [6.07, 6.45) is 5.09. The number of benzene rings is 3. The molecular weight excluding hydrogens is 322 g/mol. The molecule has 0 aliphatic heterocycles. The van der Waals surface area contributed by atoms with Crippen LogP contribution in [0.25, 0.3) is 0 Å². The Hall–Kier alpha value is -3.51. The Morgan fingerprint density at radius 2 is 1.54 bits per heavy atom. The van der Waals surface area contributed by atoms with Gasteiger partial charge < -0.3 is 4.74 Å². The highest BCUT2D eigenvalue weighted by molar-refractivity contribution is 5.87. The zero-order valence-corrected chi connectivity index (χ0v) is 14.3. The quantitative estimate of drug-likeness (QED) is 0.610. The van der Waals surface area contributed by atoms with E-state index < -0.39 is 6.09 Å². The predicted molar refractivity (Wildman–Crippen MR) is 104 cm³/mol. The van der Waals surface area contributed by atoms with Gasteiger partial charge in [-0.05, 0) is 29.3 Å². The first-order chi connectivity index (χ1) is 12.8. The molecule has 0 saturated heterocycles. The van der Waals surface area contributed by atoms with Gasteiger partial charge >= 0.3 is 6.09 Å². The number of carbonyl (C=O) groups is 1. The smallest absolute Gasteiger partial charge is 0.414 e. The van der Waals surface area contributed by atoms with Crippen molar-refractivity contribution in [2.75, 3.05) is 4.90 Å². The van der Waals surface area contributed by atoms with Crippen LogP contribution in [0, 0.1) is 12.3 Å². The van der Waals surface area contributed by atoms with Crippen LogP contribution in [0.3, 0.4) is 0 Å². The molecule has 0 bridgehead atoms. The lowest BCUT2D eigenvalue weighted by atomic mass is 10.1.